The van der Waals surface area contributed by atoms with Crippen LogP contribution < -0.4 is 10.5 Å². The van der Waals surface area contributed by atoms with Crippen molar-refractivity contribution in [2.24, 2.45) is 5.73 Å². The SMILES string of the molecule is COc1cccc(CC(N)c2c(C)cc(C)cc2F)c1. The first-order valence-electron chi connectivity index (χ1n) is 6.66. The van der Waals surface area contributed by atoms with Crippen molar-refractivity contribution in [3.63, 3.8) is 0 Å². The van der Waals surface area contributed by atoms with Gasteiger partial charge in [-0.05, 0) is 55.2 Å². The molecule has 0 heterocycles. The number of ether oxygens (including phenoxy) is 1. The van der Waals surface area contributed by atoms with Crippen LogP contribution in [-0.4, -0.2) is 7.11 Å². The molecule has 0 fully saturated rings. The van der Waals surface area contributed by atoms with Crippen LogP contribution in [0.25, 0.3) is 0 Å². The van der Waals surface area contributed by atoms with Gasteiger partial charge in [-0.15, -0.1) is 0 Å². The third-order valence-electron chi connectivity index (χ3n) is 3.44. The Hall–Kier alpha value is -1.87. The first-order chi connectivity index (χ1) is 9.51. The Kier molecular flexibility index (Phi) is 4.40. The number of nitrogens with two attached hydrogens (primary N) is 1. The fraction of sp³-hybridized carbons (Fsp3) is 0.294. The summed E-state index contributed by atoms with van der Waals surface area (Å²) >= 11 is 0. The van der Waals surface area contributed by atoms with E-state index in [0.717, 1.165) is 22.4 Å². The van der Waals surface area contributed by atoms with Gasteiger partial charge >= 0.3 is 0 Å². The second-order valence-electron chi connectivity index (χ2n) is 5.14. The number of halogens is 1. The lowest BCUT2D eigenvalue weighted by Gasteiger charge is -2.17. The van der Waals surface area contributed by atoms with Gasteiger partial charge in [0.25, 0.3) is 0 Å². The van der Waals surface area contributed by atoms with E-state index in [0.29, 0.717) is 12.0 Å². The Morgan fingerprint density at radius 2 is 1.95 bits per heavy atom. The molecule has 0 bridgehead atoms. The van der Waals surface area contributed by atoms with Crippen LogP contribution >= 0.6 is 0 Å². The van der Waals surface area contributed by atoms with Crippen molar-refractivity contribution >= 4 is 0 Å². The largest absolute Gasteiger partial charge is 0.497 e. The monoisotopic (exact) mass is 273 g/mol. The van der Waals surface area contributed by atoms with E-state index in [-0.39, 0.29) is 11.9 Å². The molecule has 0 aromatic heterocycles. The van der Waals surface area contributed by atoms with Crippen LogP contribution in [0.1, 0.15) is 28.3 Å². The van der Waals surface area contributed by atoms with Gasteiger partial charge < -0.3 is 10.5 Å². The van der Waals surface area contributed by atoms with Gasteiger partial charge in [0.2, 0.25) is 0 Å². The van der Waals surface area contributed by atoms with E-state index >= 15 is 0 Å². The zero-order valence-electron chi connectivity index (χ0n) is 12.1. The smallest absolute Gasteiger partial charge is 0.128 e. The van der Waals surface area contributed by atoms with E-state index < -0.39 is 0 Å². The van der Waals surface area contributed by atoms with E-state index in [9.17, 15) is 4.39 Å². The minimum absolute atomic E-state index is 0.224. The molecule has 0 saturated carbocycles. The lowest BCUT2D eigenvalue weighted by Crippen LogP contribution is -2.16. The van der Waals surface area contributed by atoms with Crippen molar-refractivity contribution in [1.82, 2.24) is 0 Å². The second-order valence-corrected chi connectivity index (χ2v) is 5.14. The molecule has 2 aromatic carbocycles. The first kappa shape index (κ1) is 14.5. The van der Waals surface area contributed by atoms with Crippen LogP contribution in [0.4, 0.5) is 4.39 Å². The normalized spacial score (nSPS) is 12.2. The standard InChI is InChI=1S/C17H20FNO/c1-11-7-12(2)17(15(18)8-11)16(19)10-13-5-4-6-14(9-13)20-3/h4-9,16H,10,19H2,1-3H3. The topological polar surface area (TPSA) is 35.2 Å². The molecule has 1 atom stereocenters. The van der Waals surface area contributed by atoms with Gasteiger partial charge in [-0.3, -0.25) is 0 Å². The van der Waals surface area contributed by atoms with Gasteiger partial charge in [0.1, 0.15) is 11.6 Å². The Labute approximate surface area is 119 Å². The summed E-state index contributed by atoms with van der Waals surface area (Å²) in [6.07, 6.45) is 0.581. The molecular formula is C17H20FNO. The Balaban J connectivity index is 2.26. The molecule has 0 amide bonds. The van der Waals surface area contributed by atoms with Crippen molar-refractivity contribution in [3.05, 3.63) is 64.5 Å². The number of methoxy groups -OCH3 is 1. The maximum absolute atomic E-state index is 14.1. The summed E-state index contributed by atoms with van der Waals surface area (Å²) in [6, 6.07) is 10.8. The van der Waals surface area contributed by atoms with Gasteiger partial charge in [-0.2, -0.15) is 0 Å². The summed E-state index contributed by atoms with van der Waals surface area (Å²) in [5.41, 5.74) is 9.64. The lowest BCUT2D eigenvalue weighted by atomic mass is 9.94. The molecule has 1 unspecified atom stereocenters. The van der Waals surface area contributed by atoms with Crippen LogP contribution in [0.3, 0.4) is 0 Å². The average molecular weight is 273 g/mol. The number of benzene rings is 2. The Bertz CT molecular complexity index is 587. The van der Waals surface area contributed by atoms with E-state index in [1.165, 1.54) is 6.07 Å². The quantitative estimate of drug-likeness (QED) is 0.922. The number of rotatable bonds is 4. The van der Waals surface area contributed by atoms with E-state index in [2.05, 4.69) is 0 Å². The summed E-state index contributed by atoms with van der Waals surface area (Å²) in [5.74, 6) is 0.564. The van der Waals surface area contributed by atoms with Crippen molar-refractivity contribution in [3.8, 4) is 5.75 Å². The van der Waals surface area contributed by atoms with Crippen LogP contribution in [-0.2, 0) is 6.42 Å². The number of aryl methyl sites for hydroxylation is 2. The maximum atomic E-state index is 14.1. The molecule has 0 spiro atoms. The summed E-state index contributed by atoms with van der Waals surface area (Å²) in [7, 11) is 1.63. The molecule has 106 valence electrons. The predicted octanol–water partition coefficient (Wildman–Crippen LogP) is 3.69. The molecule has 0 aliphatic heterocycles. The summed E-state index contributed by atoms with van der Waals surface area (Å²) in [4.78, 5) is 0. The third-order valence-corrected chi connectivity index (χ3v) is 3.44. The molecular weight excluding hydrogens is 253 g/mol. The van der Waals surface area contributed by atoms with E-state index in [4.69, 9.17) is 10.5 Å². The molecule has 0 radical (unpaired) electrons. The minimum Gasteiger partial charge on any atom is -0.497 e. The molecule has 0 aliphatic rings. The second kappa shape index (κ2) is 6.06. The highest BCUT2D eigenvalue weighted by Gasteiger charge is 2.15. The van der Waals surface area contributed by atoms with Gasteiger partial charge in [0, 0.05) is 11.6 Å². The number of hydrogen-bond acceptors (Lipinski definition) is 2. The van der Waals surface area contributed by atoms with Crippen LogP contribution in [0.5, 0.6) is 5.75 Å². The lowest BCUT2D eigenvalue weighted by molar-refractivity contribution is 0.414. The minimum atomic E-state index is -0.359. The Morgan fingerprint density at radius 3 is 2.60 bits per heavy atom. The van der Waals surface area contributed by atoms with Crippen LogP contribution in [0.15, 0.2) is 36.4 Å². The van der Waals surface area contributed by atoms with Crippen molar-refractivity contribution in [2.45, 2.75) is 26.3 Å². The molecule has 2 aromatic rings. The predicted molar refractivity (Wildman–Crippen MR) is 79.5 cm³/mol. The molecule has 2 nitrogen and oxygen atoms in total. The Morgan fingerprint density at radius 1 is 1.20 bits per heavy atom. The van der Waals surface area contributed by atoms with Crippen LogP contribution in [0.2, 0.25) is 0 Å². The molecule has 2 N–H and O–H groups in total. The molecule has 3 heteroatoms. The highest BCUT2D eigenvalue weighted by atomic mass is 19.1. The highest BCUT2D eigenvalue weighted by molar-refractivity contribution is 5.36. The third kappa shape index (κ3) is 3.17. The summed E-state index contributed by atoms with van der Waals surface area (Å²) in [6.45, 7) is 3.78. The molecule has 2 rings (SSSR count). The average Bonchev–Trinajstić information content (AvgIpc) is 2.37. The molecule has 0 saturated heterocycles. The number of hydrogen-bond donors (Lipinski definition) is 1. The van der Waals surface area contributed by atoms with E-state index in [1.54, 1.807) is 7.11 Å². The fourth-order valence-electron chi connectivity index (χ4n) is 2.55. The van der Waals surface area contributed by atoms with Crippen LogP contribution in [0, 0.1) is 19.7 Å². The zero-order chi connectivity index (χ0) is 14.7. The molecule has 0 aliphatic carbocycles. The van der Waals surface area contributed by atoms with Crippen molar-refractivity contribution < 1.29 is 9.13 Å². The molecule has 20 heavy (non-hydrogen) atoms. The van der Waals surface area contributed by atoms with E-state index in [1.807, 2.05) is 44.2 Å². The fourth-order valence-corrected chi connectivity index (χ4v) is 2.55. The van der Waals surface area contributed by atoms with Gasteiger partial charge in [-0.25, -0.2) is 4.39 Å². The summed E-state index contributed by atoms with van der Waals surface area (Å²) in [5, 5.41) is 0. The van der Waals surface area contributed by atoms with Gasteiger partial charge in [0.05, 0.1) is 7.11 Å². The first-order valence-corrected chi connectivity index (χ1v) is 6.66. The van der Waals surface area contributed by atoms with Gasteiger partial charge in [0.15, 0.2) is 0 Å². The zero-order valence-corrected chi connectivity index (χ0v) is 12.1. The van der Waals surface area contributed by atoms with Gasteiger partial charge in [-0.1, -0.05) is 18.2 Å². The highest BCUT2D eigenvalue weighted by Crippen LogP contribution is 2.25. The van der Waals surface area contributed by atoms with Crippen molar-refractivity contribution in [1.29, 1.82) is 0 Å². The maximum Gasteiger partial charge on any atom is 0.128 e. The summed E-state index contributed by atoms with van der Waals surface area (Å²) < 4.78 is 19.3. The van der Waals surface area contributed by atoms with Crippen molar-refractivity contribution in [2.75, 3.05) is 7.11 Å².